The molecule has 0 heterocycles. The number of allylic oxidation sites excluding steroid dienone is 1. The number of nitrogens with two attached hydrogens (primary N) is 1. The summed E-state index contributed by atoms with van der Waals surface area (Å²) in [5.74, 6) is 0.926. The van der Waals surface area contributed by atoms with Crippen molar-refractivity contribution in [3.05, 3.63) is 41.1 Å². The number of ether oxygens (including phenoxy) is 1. The summed E-state index contributed by atoms with van der Waals surface area (Å²) >= 11 is 0. The summed E-state index contributed by atoms with van der Waals surface area (Å²) in [4.78, 5) is 0. The number of hydrogen-bond acceptors (Lipinski definition) is 2. The van der Waals surface area contributed by atoms with Gasteiger partial charge in [-0.05, 0) is 42.8 Å². The summed E-state index contributed by atoms with van der Waals surface area (Å²) < 4.78 is 5.34. The van der Waals surface area contributed by atoms with Gasteiger partial charge in [0, 0.05) is 5.41 Å². The van der Waals surface area contributed by atoms with Crippen LogP contribution in [0.5, 0.6) is 5.75 Å². The Morgan fingerprint density at radius 2 is 2.00 bits per heavy atom. The normalized spacial score (nSPS) is 12.7. The van der Waals surface area contributed by atoms with Gasteiger partial charge in [0.2, 0.25) is 0 Å². The molecule has 16 heavy (non-hydrogen) atoms. The highest BCUT2D eigenvalue weighted by molar-refractivity contribution is 5.46. The number of rotatable bonds is 3. The average molecular weight is 219 g/mol. The molecule has 2 nitrogen and oxygen atoms in total. The molecule has 0 aliphatic rings. The second kappa shape index (κ2) is 4.60. The second-order valence-corrected chi connectivity index (χ2v) is 4.61. The van der Waals surface area contributed by atoms with Crippen molar-refractivity contribution >= 4 is 0 Å². The quantitative estimate of drug-likeness (QED) is 0.847. The lowest BCUT2D eigenvalue weighted by Crippen LogP contribution is -2.21. The molecule has 0 saturated carbocycles. The first-order valence-corrected chi connectivity index (χ1v) is 5.48. The van der Waals surface area contributed by atoms with Gasteiger partial charge in [0.25, 0.3) is 0 Å². The van der Waals surface area contributed by atoms with Gasteiger partial charge < -0.3 is 10.5 Å². The molecular formula is C14H21NO. The van der Waals surface area contributed by atoms with Crippen molar-refractivity contribution in [2.75, 3.05) is 7.11 Å². The Labute approximate surface area is 98.1 Å². The number of benzene rings is 1. The minimum atomic E-state index is -0.0621. The molecule has 0 radical (unpaired) electrons. The molecule has 1 aromatic carbocycles. The lowest BCUT2D eigenvalue weighted by atomic mass is 9.76. The molecule has 2 heteroatoms. The SMILES string of the molecule is COc1cccc(C(C)(C)/C(C)=C/N)c1C. The van der Waals surface area contributed by atoms with E-state index >= 15 is 0 Å². The zero-order valence-corrected chi connectivity index (χ0v) is 10.8. The van der Waals surface area contributed by atoms with Gasteiger partial charge in [0.15, 0.2) is 0 Å². The maximum atomic E-state index is 5.62. The number of methoxy groups -OCH3 is 1. The van der Waals surface area contributed by atoms with Crippen molar-refractivity contribution in [1.82, 2.24) is 0 Å². The summed E-state index contributed by atoms with van der Waals surface area (Å²) in [6.45, 7) is 8.49. The lowest BCUT2D eigenvalue weighted by Gasteiger charge is -2.28. The van der Waals surface area contributed by atoms with Gasteiger partial charge in [-0.25, -0.2) is 0 Å². The van der Waals surface area contributed by atoms with Crippen LogP contribution in [0.1, 0.15) is 31.9 Å². The summed E-state index contributed by atoms with van der Waals surface area (Å²) in [7, 11) is 1.70. The molecule has 0 spiro atoms. The molecule has 0 aliphatic carbocycles. The van der Waals surface area contributed by atoms with Crippen LogP contribution < -0.4 is 10.5 Å². The third-order valence-corrected chi connectivity index (χ3v) is 3.41. The predicted molar refractivity (Wildman–Crippen MR) is 68.7 cm³/mol. The van der Waals surface area contributed by atoms with Gasteiger partial charge in [0.1, 0.15) is 5.75 Å². The van der Waals surface area contributed by atoms with Crippen LogP contribution in [0.15, 0.2) is 30.0 Å². The Hall–Kier alpha value is -1.44. The lowest BCUT2D eigenvalue weighted by molar-refractivity contribution is 0.409. The fraction of sp³-hybridized carbons (Fsp3) is 0.429. The van der Waals surface area contributed by atoms with Gasteiger partial charge in [-0.2, -0.15) is 0 Å². The van der Waals surface area contributed by atoms with Crippen LogP contribution in [0.25, 0.3) is 0 Å². The minimum absolute atomic E-state index is 0.0621. The van der Waals surface area contributed by atoms with Gasteiger partial charge in [-0.3, -0.25) is 0 Å². The van der Waals surface area contributed by atoms with E-state index in [2.05, 4.69) is 33.8 Å². The first-order chi connectivity index (χ1) is 7.45. The maximum Gasteiger partial charge on any atom is 0.122 e. The van der Waals surface area contributed by atoms with E-state index in [0.717, 1.165) is 11.3 Å². The summed E-state index contributed by atoms with van der Waals surface area (Å²) in [6, 6.07) is 6.13. The molecule has 0 aliphatic heterocycles. The van der Waals surface area contributed by atoms with E-state index in [0.29, 0.717) is 0 Å². The Balaban J connectivity index is 3.33. The van der Waals surface area contributed by atoms with Gasteiger partial charge in [-0.15, -0.1) is 0 Å². The molecule has 0 aromatic heterocycles. The molecule has 0 saturated heterocycles. The van der Waals surface area contributed by atoms with E-state index < -0.39 is 0 Å². The molecule has 1 rings (SSSR count). The highest BCUT2D eigenvalue weighted by Crippen LogP contribution is 2.35. The van der Waals surface area contributed by atoms with Crippen molar-refractivity contribution in [3.63, 3.8) is 0 Å². The van der Waals surface area contributed by atoms with E-state index in [4.69, 9.17) is 10.5 Å². The Bertz CT molecular complexity index is 405. The predicted octanol–water partition coefficient (Wildman–Crippen LogP) is 3.14. The maximum absolute atomic E-state index is 5.62. The first-order valence-electron chi connectivity index (χ1n) is 5.48. The fourth-order valence-electron chi connectivity index (χ4n) is 1.93. The monoisotopic (exact) mass is 219 g/mol. The third kappa shape index (κ3) is 2.06. The zero-order chi connectivity index (χ0) is 12.3. The molecule has 0 amide bonds. The van der Waals surface area contributed by atoms with Crippen LogP contribution in [-0.2, 0) is 5.41 Å². The topological polar surface area (TPSA) is 35.2 Å². The molecule has 0 fully saturated rings. The van der Waals surface area contributed by atoms with E-state index in [-0.39, 0.29) is 5.41 Å². The zero-order valence-electron chi connectivity index (χ0n) is 10.8. The first kappa shape index (κ1) is 12.6. The van der Waals surface area contributed by atoms with E-state index in [1.807, 2.05) is 12.1 Å². The largest absolute Gasteiger partial charge is 0.496 e. The van der Waals surface area contributed by atoms with Crippen molar-refractivity contribution in [2.45, 2.75) is 33.1 Å². The van der Waals surface area contributed by atoms with Crippen LogP contribution in [0.4, 0.5) is 0 Å². The standard InChI is InChI=1S/C14H21NO/c1-10(9-15)14(3,4)12-7-6-8-13(16-5)11(12)2/h6-9H,15H2,1-5H3/b10-9+. The molecule has 88 valence electrons. The van der Waals surface area contributed by atoms with E-state index in [1.165, 1.54) is 11.1 Å². The molecular weight excluding hydrogens is 198 g/mol. The van der Waals surface area contributed by atoms with Gasteiger partial charge in [0.05, 0.1) is 7.11 Å². The fourth-order valence-corrected chi connectivity index (χ4v) is 1.93. The summed E-state index contributed by atoms with van der Waals surface area (Å²) in [5, 5.41) is 0. The van der Waals surface area contributed by atoms with E-state index in [9.17, 15) is 0 Å². The highest BCUT2D eigenvalue weighted by atomic mass is 16.5. The number of hydrogen-bond donors (Lipinski definition) is 1. The van der Waals surface area contributed by atoms with Crippen LogP contribution >= 0.6 is 0 Å². The Kier molecular flexibility index (Phi) is 3.63. The van der Waals surface area contributed by atoms with Gasteiger partial charge in [-0.1, -0.05) is 26.0 Å². The summed E-state index contributed by atoms with van der Waals surface area (Å²) in [5.41, 5.74) is 9.15. The average Bonchev–Trinajstić information content (AvgIpc) is 2.27. The van der Waals surface area contributed by atoms with Crippen molar-refractivity contribution in [2.24, 2.45) is 5.73 Å². The molecule has 1 aromatic rings. The van der Waals surface area contributed by atoms with Gasteiger partial charge >= 0.3 is 0 Å². The second-order valence-electron chi connectivity index (χ2n) is 4.61. The Morgan fingerprint density at radius 1 is 1.38 bits per heavy atom. The van der Waals surface area contributed by atoms with Crippen LogP contribution in [0.2, 0.25) is 0 Å². The Morgan fingerprint density at radius 3 is 2.50 bits per heavy atom. The highest BCUT2D eigenvalue weighted by Gasteiger charge is 2.25. The molecule has 2 N–H and O–H groups in total. The summed E-state index contributed by atoms with van der Waals surface area (Å²) in [6.07, 6.45) is 1.68. The van der Waals surface area contributed by atoms with Crippen LogP contribution in [0.3, 0.4) is 0 Å². The van der Waals surface area contributed by atoms with Crippen molar-refractivity contribution in [3.8, 4) is 5.75 Å². The molecule has 0 atom stereocenters. The minimum Gasteiger partial charge on any atom is -0.496 e. The third-order valence-electron chi connectivity index (χ3n) is 3.41. The smallest absolute Gasteiger partial charge is 0.122 e. The molecule has 0 bridgehead atoms. The van der Waals surface area contributed by atoms with Crippen LogP contribution in [0, 0.1) is 6.92 Å². The molecule has 0 unspecified atom stereocenters. The van der Waals surface area contributed by atoms with Crippen molar-refractivity contribution in [1.29, 1.82) is 0 Å². The van der Waals surface area contributed by atoms with Crippen LogP contribution in [-0.4, -0.2) is 7.11 Å². The van der Waals surface area contributed by atoms with E-state index in [1.54, 1.807) is 13.3 Å². The van der Waals surface area contributed by atoms with Crippen molar-refractivity contribution < 1.29 is 4.74 Å².